The van der Waals surface area contributed by atoms with E-state index in [1.54, 1.807) is 41.3 Å². The van der Waals surface area contributed by atoms with Crippen molar-refractivity contribution in [1.29, 1.82) is 0 Å². The highest BCUT2D eigenvalue weighted by Gasteiger charge is 2.42. The van der Waals surface area contributed by atoms with Crippen molar-refractivity contribution in [3.05, 3.63) is 80.7 Å². The average Bonchev–Trinajstić information content (AvgIpc) is 3.06. The van der Waals surface area contributed by atoms with E-state index < -0.39 is 12.0 Å². The van der Waals surface area contributed by atoms with Gasteiger partial charge in [0.15, 0.2) is 5.43 Å². The lowest BCUT2D eigenvalue weighted by atomic mass is 9.97. The van der Waals surface area contributed by atoms with Crippen molar-refractivity contribution in [1.82, 2.24) is 9.80 Å². The molecular formula is C25H26N2O5. The number of fused-ring (bicyclic) bond motifs is 2. The second kappa shape index (κ2) is 8.59. The Hall–Kier alpha value is -3.45. The lowest BCUT2D eigenvalue weighted by Gasteiger charge is -2.25. The van der Waals surface area contributed by atoms with E-state index in [0.717, 1.165) is 24.1 Å². The van der Waals surface area contributed by atoms with Crippen LogP contribution in [0.1, 0.15) is 50.1 Å². The first kappa shape index (κ1) is 21.8. The third-order valence-electron chi connectivity index (χ3n) is 5.77. The van der Waals surface area contributed by atoms with Crippen molar-refractivity contribution in [2.24, 2.45) is 0 Å². The van der Waals surface area contributed by atoms with Gasteiger partial charge >= 0.3 is 5.97 Å². The SMILES string of the molecule is COC(=O)c1ccc([C@H]2c3c(oc4ccc(C)cc4c3=O)C(=O)N2CCCN(C)C)cc1. The van der Waals surface area contributed by atoms with Crippen LogP contribution in [-0.4, -0.2) is 56.0 Å². The van der Waals surface area contributed by atoms with Gasteiger partial charge in [-0.05, 0) is 63.8 Å². The monoisotopic (exact) mass is 434 g/mol. The molecule has 7 heteroatoms. The van der Waals surface area contributed by atoms with Crippen LogP contribution in [0.3, 0.4) is 0 Å². The molecule has 0 aliphatic carbocycles. The van der Waals surface area contributed by atoms with Crippen LogP contribution in [0.15, 0.2) is 51.7 Å². The van der Waals surface area contributed by atoms with Crippen LogP contribution in [-0.2, 0) is 4.74 Å². The predicted molar refractivity (Wildman–Crippen MR) is 121 cm³/mol. The summed E-state index contributed by atoms with van der Waals surface area (Å²) < 4.78 is 10.7. The van der Waals surface area contributed by atoms with Gasteiger partial charge in [-0.25, -0.2) is 4.79 Å². The fraction of sp³-hybridized carbons (Fsp3) is 0.320. The van der Waals surface area contributed by atoms with Gasteiger partial charge in [0.1, 0.15) is 5.58 Å². The summed E-state index contributed by atoms with van der Waals surface area (Å²) >= 11 is 0. The van der Waals surface area contributed by atoms with E-state index in [-0.39, 0.29) is 17.1 Å². The van der Waals surface area contributed by atoms with Crippen molar-refractivity contribution in [2.45, 2.75) is 19.4 Å². The highest BCUT2D eigenvalue weighted by Crippen LogP contribution is 2.38. The van der Waals surface area contributed by atoms with Crippen LogP contribution in [0, 0.1) is 6.92 Å². The van der Waals surface area contributed by atoms with Gasteiger partial charge in [-0.2, -0.15) is 0 Å². The van der Waals surface area contributed by atoms with Gasteiger partial charge in [-0.15, -0.1) is 0 Å². The van der Waals surface area contributed by atoms with E-state index in [1.807, 2.05) is 32.0 Å². The van der Waals surface area contributed by atoms with E-state index in [9.17, 15) is 14.4 Å². The number of amides is 1. The van der Waals surface area contributed by atoms with Gasteiger partial charge in [-0.1, -0.05) is 23.8 Å². The number of esters is 1. The number of rotatable bonds is 6. The number of hydrogen-bond donors (Lipinski definition) is 0. The van der Waals surface area contributed by atoms with Crippen molar-refractivity contribution in [2.75, 3.05) is 34.3 Å². The van der Waals surface area contributed by atoms with E-state index in [1.165, 1.54) is 7.11 Å². The Morgan fingerprint density at radius 3 is 2.50 bits per heavy atom. The molecule has 0 saturated carbocycles. The number of carbonyl (C=O) groups is 2. The molecule has 0 unspecified atom stereocenters. The number of nitrogens with zero attached hydrogens (tertiary/aromatic N) is 2. The molecule has 2 heterocycles. The molecule has 0 spiro atoms. The molecule has 32 heavy (non-hydrogen) atoms. The Morgan fingerprint density at radius 2 is 1.84 bits per heavy atom. The van der Waals surface area contributed by atoms with Crippen LogP contribution >= 0.6 is 0 Å². The number of aryl methyl sites for hydroxylation is 1. The standard InChI is InChI=1S/C25H26N2O5/c1-15-6-11-19-18(14-15)22(28)20-21(16-7-9-17(10-8-16)25(30)31-4)27(13-5-12-26(2)3)24(29)23(20)32-19/h6-11,14,21H,5,12-13H2,1-4H3/t21-/m0/s1. The minimum atomic E-state index is -0.576. The average molecular weight is 434 g/mol. The van der Waals surface area contributed by atoms with Crippen molar-refractivity contribution in [3.63, 3.8) is 0 Å². The maximum atomic E-state index is 13.5. The molecule has 1 atom stereocenters. The molecule has 0 N–H and O–H groups in total. The van der Waals surface area contributed by atoms with Crippen LogP contribution in [0.2, 0.25) is 0 Å². The second-order valence-corrected chi connectivity index (χ2v) is 8.35. The second-order valence-electron chi connectivity index (χ2n) is 8.35. The van der Waals surface area contributed by atoms with Crippen molar-refractivity contribution >= 4 is 22.8 Å². The van der Waals surface area contributed by atoms with Crippen LogP contribution in [0.4, 0.5) is 0 Å². The summed E-state index contributed by atoms with van der Waals surface area (Å²) in [6, 6.07) is 11.6. The minimum absolute atomic E-state index is 0.0956. The maximum Gasteiger partial charge on any atom is 0.337 e. The summed E-state index contributed by atoms with van der Waals surface area (Å²) in [5.74, 6) is -0.637. The van der Waals surface area contributed by atoms with Crippen LogP contribution in [0.5, 0.6) is 0 Å². The Morgan fingerprint density at radius 1 is 1.12 bits per heavy atom. The molecule has 0 bridgehead atoms. The third-order valence-corrected chi connectivity index (χ3v) is 5.77. The Labute approximate surface area is 186 Å². The number of carbonyl (C=O) groups excluding carboxylic acids is 2. The van der Waals surface area contributed by atoms with Gasteiger partial charge in [-0.3, -0.25) is 9.59 Å². The number of hydrogen-bond acceptors (Lipinski definition) is 6. The van der Waals surface area contributed by atoms with Gasteiger partial charge < -0.3 is 19.0 Å². The summed E-state index contributed by atoms with van der Waals surface area (Å²) in [4.78, 5) is 42.5. The fourth-order valence-corrected chi connectivity index (χ4v) is 4.19. The van der Waals surface area contributed by atoms with E-state index >= 15 is 0 Å². The molecule has 0 saturated heterocycles. The zero-order chi connectivity index (χ0) is 23.0. The fourth-order valence-electron chi connectivity index (χ4n) is 4.19. The number of ether oxygens (including phenoxy) is 1. The highest BCUT2D eigenvalue weighted by molar-refractivity contribution is 5.99. The van der Waals surface area contributed by atoms with E-state index in [4.69, 9.17) is 9.15 Å². The van der Waals surface area contributed by atoms with E-state index in [2.05, 4.69) is 0 Å². The molecule has 1 aliphatic rings. The molecule has 3 aromatic rings. The van der Waals surface area contributed by atoms with Gasteiger partial charge in [0, 0.05) is 6.54 Å². The zero-order valence-corrected chi connectivity index (χ0v) is 18.7. The molecule has 0 radical (unpaired) electrons. The molecule has 166 valence electrons. The maximum absolute atomic E-state index is 13.5. The lowest BCUT2D eigenvalue weighted by Crippen LogP contribution is -2.32. The third kappa shape index (κ3) is 3.80. The topological polar surface area (TPSA) is 80.1 Å². The first-order chi connectivity index (χ1) is 15.3. The highest BCUT2D eigenvalue weighted by atomic mass is 16.5. The predicted octanol–water partition coefficient (Wildman–Crippen LogP) is 3.38. The summed E-state index contributed by atoms with van der Waals surface area (Å²) in [5, 5.41) is 0.461. The lowest BCUT2D eigenvalue weighted by molar-refractivity contribution is 0.0600. The number of methoxy groups -OCH3 is 1. The molecule has 2 aromatic carbocycles. The van der Waals surface area contributed by atoms with Crippen molar-refractivity contribution in [3.8, 4) is 0 Å². The molecular weight excluding hydrogens is 408 g/mol. The first-order valence-electron chi connectivity index (χ1n) is 10.5. The molecule has 4 rings (SSSR count). The smallest absolute Gasteiger partial charge is 0.337 e. The van der Waals surface area contributed by atoms with Crippen LogP contribution in [0.25, 0.3) is 11.0 Å². The Kier molecular flexibility index (Phi) is 5.84. The molecule has 0 fully saturated rings. The summed E-state index contributed by atoms with van der Waals surface area (Å²) in [7, 11) is 5.28. The Balaban J connectivity index is 1.85. The zero-order valence-electron chi connectivity index (χ0n) is 18.7. The first-order valence-corrected chi connectivity index (χ1v) is 10.5. The summed E-state index contributed by atoms with van der Waals surface area (Å²) in [5.41, 5.74) is 2.65. The molecule has 1 aliphatic heterocycles. The normalized spacial score (nSPS) is 15.5. The Bertz CT molecular complexity index is 1240. The summed E-state index contributed by atoms with van der Waals surface area (Å²) in [6.07, 6.45) is 0.746. The minimum Gasteiger partial charge on any atom is -0.465 e. The summed E-state index contributed by atoms with van der Waals surface area (Å²) in [6.45, 7) is 3.18. The van der Waals surface area contributed by atoms with E-state index in [0.29, 0.717) is 28.6 Å². The number of benzene rings is 2. The van der Waals surface area contributed by atoms with Gasteiger partial charge in [0.2, 0.25) is 5.76 Å². The van der Waals surface area contributed by atoms with Crippen LogP contribution < -0.4 is 5.43 Å². The van der Waals surface area contributed by atoms with Gasteiger partial charge in [0.05, 0.1) is 29.7 Å². The van der Waals surface area contributed by atoms with Crippen molar-refractivity contribution < 1.29 is 18.7 Å². The quantitative estimate of drug-likeness (QED) is 0.554. The molecule has 7 nitrogen and oxygen atoms in total. The molecule has 1 amide bonds. The largest absolute Gasteiger partial charge is 0.465 e. The molecule has 1 aromatic heterocycles. The van der Waals surface area contributed by atoms with Gasteiger partial charge in [0.25, 0.3) is 5.91 Å².